The van der Waals surface area contributed by atoms with Crippen LogP contribution in [0.15, 0.2) is 60.3 Å². The molecule has 0 spiro atoms. The van der Waals surface area contributed by atoms with Gasteiger partial charge in [0.15, 0.2) is 0 Å². The number of nitrogens with zero attached hydrogens (tertiary/aromatic N) is 2. The molecular weight excluding hydrogens is 394 g/mol. The maximum Gasteiger partial charge on any atom is 0.125 e. The molecule has 2 atom stereocenters. The van der Waals surface area contributed by atoms with Crippen LogP contribution in [-0.2, 0) is 12.8 Å². The summed E-state index contributed by atoms with van der Waals surface area (Å²) in [5.41, 5.74) is 3.69. The number of aromatic nitrogens is 2. The summed E-state index contributed by atoms with van der Waals surface area (Å²) >= 11 is 0. The predicted octanol–water partition coefficient (Wildman–Crippen LogP) is 5.64. The maximum atomic E-state index is 13.8. The van der Waals surface area contributed by atoms with Crippen molar-refractivity contribution in [1.82, 2.24) is 9.78 Å². The van der Waals surface area contributed by atoms with Crippen LogP contribution in [0.25, 0.3) is 11.8 Å². The molecule has 0 amide bonds. The van der Waals surface area contributed by atoms with Crippen LogP contribution in [0.1, 0.15) is 49.4 Å². The highest BCUT2D eigenvalue weighted by Crippen LogP contribution is 2.58. The number of aryl methyl sites for hydroxylation is 1. The third-order valence-corrected chi connectivity index (χ3v) is 7.38. The van der Waals surface area contributed by atoms with Crippen LogP contribution in [0.2, 0.25) is 0 Å². The zero-order valence-electron chi connectivity index (χ0n) is 17.6. The van der Waals surface area contributed by atoms with E-state index in [1.807, 2.05) is 18.3 Å². The smallest absolute Gasteiger partial charge is 0.125 e. The molecule has 2 aliphatic rings. The molecule has 160 valence electrons. The van der Waals surface area contributed by atoms with Crippen molar-refractivity contribution in [3.8, 4) is 5.69 Å². The Morgan fingerprint density at radius 3 is 2.61 bits per heavy atom. The molecule has 2 aromatic carbocycles. The maximum absolute atomic E-state index is 13.8. The molecule has 0 bridgehead atoms. The van der Waals surface area contributed by atoms with Gasteiger partial charge in [-0.15, -0.1) is 0 Å². The molecule has 31 heavy (non-hydrogen) atoms. The number of rotatable bonds is 5. The first-order valence-electron chi connectivity index (χ1n) is 10.9. The molecule has 5 heteroatoms. The van der Waals surface area contributed by atoms with Crippen LogP contribution in [0.4, 0.5) is 8.78 Å². The largest absolute Gasteiger partial charge is 0.389 e. The highest BCUT2D eigenvalue weighted by molar-refractivity contribution is 5.63. The zero-order chi connectivity index (χ0) is 21.6. The van der Waals surface area contributed by atoms with Crippen molar-refractivity contribution in [2.24, 2.45) is 5.41 Å². The van der Waals surface area contributed by atoms with Gasteiger partial charge in [-0.3, -0.25) is 0 Å². The van der Waals surface area contributed by atoms with Gasteiger partial charge in [-0.05, 0) is 86.1 Å². The summed E-state index contributed by atoms with van der Waals surface area (Å²) in [6.45, 7) is 2.13. The van der Waals surface area contributed by atoms with Crippen LogP contribution in [-0.4, -0.2) is 20.5 Å². The van der Waals surface area contributed by atoms with Crippen molar-refractivity contribution in [2.45, 2.75) is 51.0 Å². The van der Waals surface area contributed by atoms with E-state index in [0.29, 0.717) is 31.4 Å². The van der Waals surface area contributed by atoms with Gasteiger partial charge in [-0.25, -0.2) is 13.5 Å². The fourth-order valence-corrected chi connectivity index (χ4v) is 5.68. The van der Waals surface area contributed by atoms with Gasteiger partial charge in [-0.1, -0.05) is 30.7 Å². The van der Waals surface area contributed by atoms with Crippen molar-refractivity contribution in [1.29, 1.82) is 0 Å². The third kappa shape index (κ3) is 3.23. The Hall–Kier alpha value is -2.79. The van der Waals surface area contributed by atoms with Crippen LogP contribution >= 0.6 is 0 Å². The first kappa shape index (κ1) is 20.1. The van der Waals surface area contributed by atoms with Gasteiger partial charge in [0.25, 0.3) is 0 Å². The van der Waals surface area contributed by atoms with E-state index in [9.17, 15) is 13.9 Å². The topological polar surface area (TPSA) is 38.0 Å². The second kappa shape index (κ2) is 7.41. The lowest BCUT2D eigenvalue weighted by Crippen LogP contribution is -2.47. The molecule has 5 rings (SSSR count). The minimum atomic E-state index is -0.849. The van der Waals surface area contributed by atoms with Gasteiger partial charge in [0.2, 0.25) is 0 Å². The van der Waals surface area contributed by atoms with Crippen LogP contribution < -0.4 is 0 Å². The van der Waals surface area contributed by atoms with E-state index >= 15 is 0 Å². The van der Waals surface area contributed by atoms with Crippen LogP contribution in [0.5, 0.6) is 0 Å². The molecule has 1 saturated carbocycles. The van der Waals surface area contributed by atoms with Crippen molar-refractivity contribution in [3.05, 3.63) is 88.8 Å². The van der Waals surface area contributed by atoms with Gasteiger partial charge >= 0.3 is 0 Å². The summed E-state index contributed by atoms with van der Waals surface area (Å²) in [6.07, 6.45) is 8.27. The molecule has 3 nitrogen and oxygen atoms in total. The monoisotopic (exact) mass is 420 g/mol. The van der Waals surface area contributed by atoms with Crippen molar-refractivity contribution in [3.63, 3.8) is 0 Å². The number of halogens is 2. The Labute approximate surface area is 181 Å². The van der Waals surface area contributed by atoms with Gasteiger partial charge in [0.05, 0.1) is 23.2 Å². The van der Waals surface area contributed by atoms with E-state index in [4.69, 9.17) is 0 Å². The lowest BCUT2D eigenvalue weighted by molar-refractivity contribution is -0.0568. The highest BCUT2D eigenvalue weighted by Gasteiger charge is 2.56. The molecule has 0 radical (unpaired) electrons. The summed E-state index contributed by atoms with van der Waals surface area (Å²) in [5.74, 6) is -0.533. The SMILES string of the molecule is CC[C@]12Cc3cnn(-c4cccc(F)c4)c3C=C1CC[C@@]2(O)CCc1cccc(F)c1. The summed E-state index contributed by atoms with van der Waals surface area (Å²) in [7, 11) is 0. The van der Waals surface area contributed by atoms with Crippen LogP contribution in [0.3, 0.4) is 0 Å². The number of hydrogen-bond donors (Lipinski definition) is 1. The molecule has 2 aliphatic carbocycles. The van der Waals surface area contributed by atoms with E-state index in [1.54, 1.807) is 22.9 Å². The highest BCUT2D eigenvalue weighted by atomic mass is 19.1. The average Bonchev–Trinajstić information content (AvgIpc) is 3.30. The molecular formula is C26H26F2N2O. The first-order chi connectivity index (χ1) is 14.9. The van der Waals surface area contributed by atoms with Crippen molar-refractivity contribution in [2.75, 3.05) is 0 Å². The van der Waals surface area contributed by atoms with E-state index in [-0.39, 0.29) is 17.0 Å². The fraction of sp³-hybridized carbons (Fsp3) is 0.346. The molecule has 1 N–H and O–H groups in total. The van der Waals surface area contributed by atoms with E-state index in [0.717, 1.165) is 29.7 Å². The van der Waals surface area contributed by atoms with Gasteiger partial charge in [0, 0.05) is 5.41 Å². The lowest BCUT2D eigenvalue weighted by atomic mass is 9.63. The zero-order valence-corrected chi connectivity index (χ0v) is 17.6. The summed E-state index contributed by atoms with van der Waals surface area (Å²) in [5, 5.41) is 16.4. The lowest BCUT2D eigenvalue weighted by Gasteiger charge is -2.45. The summed E-state index contributed by atoms with van der Waals surface area (Å²) in [6, 6.07) is 13.1. The molecule has 1 aromatic heterocycles. The number of fused-ring (bicyclic) bond motifs is 2. The first-order valence-corrected chi connectivity index (χ1v) is 10.9. The molecule has 1 heterocycles. The Kier molecular flexibility index (Phi) is 4.82. The second-order valence-corrected chi connectivity index (χ2v) is 8.89. The second-order valence-electron chi connectivity index (χ2n) is 8.89. The van der Waals surface area contributed by atoms with E-state index < -0.39 is 5.60 Å². The Morgan fingerprint density at radius 1 is 1.10 bits per heavy atom. The van der Waals surface area contributed by atoms with Gasteiger partial charge in [0.1, 0.15) is 11.6 Å². The van der Waals surface area contributed by atoms with Crippen molar-refractivity contribution < 1.29 is 13.9 Å². The standard InChI is InChI=1S/C26H26F2N2O/c1-2-25-16-19-17-29-30(23-8-4-7-22(28)15-23)24(19)14-20(25)10-12-26(25,31)11-9-18-5-3-6-21(27)13-18/h3-8,13-15,17,31H,2,9-12,16H2,1H3/t25-,26-/m0/s1. The molecule has 0 saturated heterocycles. The molecule has 3 aromatic rings. The number of aliphatic hydroxyl groups is 1. The van der Waals surface area contributed by atoms with Gasteiger partial charge in [-0.2, -0.15) is 5.10 Å². The quantitative estimate of drug-likeness (QED) is 0.580. The number of hydrogen-bond acceptors (Lipinski definition) is 2. The summed E-state index contributed by atoms with van der Waals surface area (Å²) in [4.78, 5) is 0. The minimum absolute atomic E-state index is 0.242. The summed E-state index contributed by atoms with van der Waals surface area (Å²) < 4.78 is 29.1. The van der Waals surface area contributed by atoms with Crippen LogP contribution in [0, 0.1) is 17.0 Å². The molecule has 0 unspecified atom stereocenters. The van der Waals surface area contributed by atoms with Gasteiger partial charge < -0.3 is 5.11 Å². The molecule has 0 aliphatic heterocycles. The van der Waals surface area contributed by atoms with E-state index in [1.165, 1.54) is 23.8 Å². The van der Waals surface area contributed by atoms with E-state index in [2.05, 4.69) is 18.1 Å². The minimum Gasteiger partial charge on any atom is -0.389 e. The Morgan fingerprint density at radius 2 is 1.87 bits per heavy atom. The predicted molar refractivity (Wildman–Crippen MR) is 117 cm³/mol. The Balaban J connectivity index is 1.48. The average molecular weight is 421 g/mol. The Bertz CT molecular complexity index is 1170. The van der Waals surface area contributed by atoms with Crippen molar-refractivity contribution >= 4 is 6.08 Å². The third-order valence-electron chi connectivity index (χ3n) is 7.38. The number of benzene rings is 2. The molecule has 1 fully saturated rings. The normalized spacial score (nSPS) is 24.6. The fourth-order valence-electron chi connectivity index (χ4n) is 5.68.